The summed E-state index contributed by atoms with van der Waals surface area (Å²) in [6.45, 7) is 0. The van der Waals surface area contributed by atoms with Crippen molar-refractivity contribution in [2.24, 2.45) is 0 Å². The Hall–Kier alpha value is -5.29. The fraction of sp³-hybridized carbons (Fsp3) is 0.0294. The van der Waals surface area contributed by atoms with Crippen LogP contribution in [0.1, 0.15) is 32.6 Å². The minimum Gasteiger partial charge on any atom is -0.508 e. The summed E-state index contributed by atoms with van der Waals surface area (Å²) in [5.74, 6) is 0.507. The van der Waals surface area contributed by atoms with Crippen LogP contribution in [0, 0.1) is 0 Å². The molecular formula is C34H22O5. The van der Waals surface area contributed by atoms with Crippen LogP contribution in [-0.4, -0.2) is 21.3 Å². The molecule has 6 aromatic carbocycles. The minimum atomic E-state index is -1.01. The third-order valence-electron chi connectivity index (χ3n) is 7.68. The van der Waals surface area contributed by atoms with Gasteiger partial charge in [-0.3, -0.25) is 0 Å². The van der Waals surface area contributed by atoms with E-state index >= 15 is 0 Å². The van der Waals surface area contributed by atoms with Crippen molar-refractivity contribution in [3.63, 3.8) is 0 Å². The van der Waals surface area contributed by atoms with Crippen LogP contribution in [-0.2, 0) is 5.41 Å². The zero-order valence-corrected chi connectivity index (χ0v) is 20.6. The van der Waals surface area contributed by atoms with Crippen molar-refractivity contribution in [3.8, 4) is 23.0 Å². The number of hydrogen-bond donors (Lipinski definition) is 3. The number of ether oxygens (including phenoxy) is 1. The van der Waals surface area contributed by atoms with Crippen LogP contribution in [0.15, 0.2) is 115 Å². The Labute approximate surface area is 223 Å². The van der Waals surface area contributed by atoms with Crippen LogP contribution in [0.5, 0.6) is 23.0 Å². The molecule has 0 aliphatic carbocycles. The summed E-state index contributed by atoms with van der Waals surface area (Å²) >= 11 is 0. The van der Waals surface area contributed by atoms with E-state index in [0.29, 0.717) is 11.5 Å². The molecule has 0 saturated carbocycles. The molecule has 5 heteroatoms. The lowest BCUT2D eigenvalue weighted by atomic mass is 9.61. The van der Waals surface area contributed by atoms with E-state index in [0.717, 1.165) is 43.8 Å². The molecule has 39 heavy (non-hydrogen) atoms. The van der Waals surface area contributed by atoms with E-state index in [1.807, 2.05) is 78.9 Å². The Morgan fingerprint density at radius 1 is 0.590 bits per heavy atom. The Kier molecular flexibility index (Phi) is 4.91. The highest BCUT2D eigenvalue weighted by Gasteiger charge is 2.47. The standard InChI is InChI=1S/C34H22O5/c35-25-14-8-20-10-16-29-31(27(20)18-25)34(23-4-2-1-3-5-23,24-12-6-22(7-13-24)33(37)38)32-28-19-26(36)15-9-21(28)11-17-30(32)39-29/h1-19,35-36H,(H,37,38). The first-order valence-electron chi connectivity index (χ1n) is 12.6. The predicted octanol–water partition coefficient (Wildman–Crippen LogP) is 7.59. The fourth-order valence-electron chi connectivity index (χ4n) is 6.06. The van der Waals surface area contributed by atoms with E-state index in [-0.39, 0.29) is 17.1 Å². The van der Waals surface area contributed by atoms with Gasteiger partial charge in [0.1, 0.15) is 23.0 Å². The van der Waals surface area contributed by atoms with E-state index in [9.17, 15) is 20.1 Å². The van der Waals surface area contributed by atoms with Gasteiger partial charge in [0, 0.05) is 11.1 Å². The normalized spacial score (nSPS) is 13.4. The van der Waals surface area contributed by atoms with Gasteiger partial charge < -0.3 is 20.1 Å². The van der Waals surface area contributed by atoms with Crippen LogP contribution in [0.25, 0.3) is 21.5 Å². The quantitative estimate of drug-likeness (QED) is 0.228. The van der Waals surface area contributed by atoms with Crippen molar-refractivity contribution < 1.29 is 24.9 Å². The number of carbonyl (C=O) groups is 1. The maximum absolute atomic E-state index is 11.8. The van der Waals surface area contributed by atoms with Gasteiger partial charge in [-0.25, -0.2) is 4.79 Å². The van der Waals surface area contributed by atoms with Crippen molar-refractivity contribution in [1.29, 1.82) is 0 Å². The van der Waals surface area contributed by atoms with Gasteiger partial charge in [0.05, 0.1) is 11.0 Å². The van der Waals surface area contributed by atoms with Crippen LogP contribution in [0.3, 0.4) is 0 Å². The average Bonchev–Trinajstić information content (AvgIpc) is 2.96. The van der Waals surface area contributed by atoms with Gasteiger partial charge in [0.25, 0.3) is 0 Å². The summed E-state index contributed by atoms with van der Waals surface area (Å²) < 4.78 is 6.58. The molecule has 0 radical (unpaired) electrons. The van der Waals surface area contributed by atoms with Crippen molar-refractivity contribution in [3.05, 3.63) is 143 Å². The van der Waals surface area contributed by atoms with Crippen molar-refractivity contribution in [2.75, 3.05) is 0 Å². The van der Waals surface area contributed by atoms with Gasteiger partial charge in [-0.05, 0) is 81.2 Å². The molecule has 1 aliphatic heterocycles. The average molecular weight is 511 g/mol. The van der Waals surface area contributed by atoms with Gasteiger partial charge in [0.2, 0.25) is 0 Å². The number of benzene rings is 6. The summed E-state index contributed by atoms with van der Waals surface area (Å²) in [5, 5.41) is 34.3. The Morgan fingerprint density at radius 3 is 1.59 bits per heavy atom. The van der Waals surface area contributed by atoms with Crippen molar-refractivity contribution in [2.45, 2.75) is 5.41 Å². The summed E-state index contributed by atoms with van der Waals surface area (Å²) in [4.78, 5) is 11.8. The van der Waals surface area contributed by atoms with Crippen molar-refractivity contribution >= 4 is 27.5 Å². The van der Waals surface area contributed by atoms with Crippen LogP contribution < -0.4 is 4.74 Å². The topological polar surface area (TPSA) is 87.0 Å². The first kappa shape index (κ1) is 22.9. The molecule has 188 valence electrons. The fourth-order valence-corrected chi connectivity index (χ4v) is 6.06. The molecule has 0 aromatic heterocycles. The third kappa shape index (κ3) is 3.30. The molecule has 1 heterocycles. The lowest BCUT2D eigenvalue weighted by molar-refractivity contribution is 0.0697. The second-order valence-electron chi connectivity index (χ2n) is 9.79. The molecular weight excluding hydrogens is 488 g/mol. The highest BCUT2D eigenvalue weighted by molar-refractivity contribution is 5.99. The van der Waals surface area contributed by atoms with Crippen LogP contribution >= 0.6 is 0 Å². The Bertz CT molecular complexity index is 1830. The molecule has 3 N–H and O–H groups in total. The van der Waals surface area contributed by atoms with E-state index in [1.54, 1.807) is 36.4 Å². The summed E-state index contributed by atoms with van der Waals surface area (Å²) in [6, 6.07) is 35.3. The van der Waals surface area contributed by atoms with Gasteiger partial charge >= 0.3 is 5.97 Å². The molecule has 0 bridgehead atoms. The maximum Gasteiger partial charge on any atom is 0.335 e. The Morgan fingerprint density at radius 2 is 1.08 bits per heavy atom. The van der Waals surface area contributed by atoms with E-state index < -0.39 is 11.4 Å². The lowest BCUT2D eigenvalue weighted by Crippen LogP contribution is -2.35. The SMILES string of the molecule is O=C(O)c1ccc(C2(c3ccccc3)c3c(ccc4ccc(O)cc34)Oc3ccc4ccc(O)cc4c32)cc1. The largest absolute Gasteiger partial charge is 0.508 e. The number of phenols is 2. The monoisotopic (exact) mass is 510 g/mol. The zero-order chi connectivity index (χ0) is 26.7. The third-order valence-corrected chi connectivity index (χ3v) is 7.68. The Balaban J connectivity index is 1.75. The molecule has 7 rings (SSSR count). The molecule has 6 aromatic rings. The molecule has 0 fully saturated rings. The van der Waals surface area contributed by atoms with Crippen molar-refractivity contribution in [1.82, 2.24) is 0 Å². The van der Waals surface area contributed by atoms with E-state index in [4.69, 9.17) is 4.74 Å². The number of hydrogen-bond acceptors (Lipinski definition) is 4. The molecule has 1 aliphatic rings. The maximum atomic E-state index is 11.8. The minimum absolute atomic E-state index is 0.125. The number of phenolic OH excluding ortho intramolecular Hbond substituents is 2. The first-order valence-corrected chi connectivity index (χ1v) is 12.6. The highest BCUT2D eigenvalue weighted by atomic mass is 16.5. The lowest BCUT2D eigenvalue weighted by Gasteiger charge is -2.43. The first-order chi connectivity index (χ1) is 19.0. The second-order valence-corrected chi connectivity index (χ2v) is 9.79. The number of carboxylic acid groups (broad SMARTS) is 1. The van der Waals surface area contributed by atoms with Crippen LogP contribution in [0.2, 0.25) is 0 Å². The van der Waals surface area contributed by atoms with Crippen LogP contribution in [0.4, 0.5) is 0 Å². The second kappa shape index (κ2) is 8.36. The number of carboxylic acids is 1. The summed E-state index contributed by atoms with van der Waals surface area (Å²) in [5.41, 5.74) is 2.62. The van der Waals surface area contributed by atoms with Gasteiger partial charge in [-0.15, -0.1) is 0 Å². The predicted molar refractivity (Wildman–Crippen MR) is 150 cm³/mol. The smallest absolute Gasteiger partial charge is 0.335 e. The number of aromatic carboxylic acids is 1. The number of rotatable bonds is 3. The molecule has 0 spiro atoms. The number of aromatic hydroxyl groups is 2. The highest BCUT2D eigenvalue weighted by Crippen LogP contribution is 2.59. The molecule has 0 amide bonds. The van der Waals surface area contributed by atoms with E-state index in [1.165, 1.54) is 0 Å². The zero-order valence-electron chi connectivity index (χ0n) is 20.6. The van der Waals surface area contributed by atoms with Gasteiger partial charge in [0.15, 0.2) is 0 Å². The molecule has 0 saturated heterocycles. The molecule has 0 unspecified atom stereocenters. The van der Waals surface area contributed by atoms with E-state index in [2.05, 4.69) is 0 Å². The number of fused-ring (bicyclic) bond motifs is 6. The summed E-state index contributed by atoms with van der Waals surface area (Å²) in [6.07, 6.45) is 0. The van der Waals surface area contributed by atoms with Gasteiger partial charge in [-0.2, -0.15) is 0 Å². The molecule has 5 nitrogen and oxygen atoms in total. The molecule has 0 atom stereocenters. The summed E-state index contributed by atoms with van der Waals surface area (Å²) in [7, 11) is 0. The van der Waals surface area contributed by atoms with Gasteiger partial charge in [-0.1, -0.05) is 66.7 Å².